The molecule has 0 aliphatic rings. The van der Waals surface area contributed by atoms with Crippen LogP contribution in [0.3, 0.4) is 0 Å². The van der Waals surface area contributed by atoms with Gasteiger partial charge in [-0.05, 0) is 29.1 Å². The van der Waals surface area contributed by atoms with E-state index in [1.165, 1.54) is 23.9 Å². The SMILES string of the molecule is CC(=O)Nc1cccc(O)c1[As](=O)(O)O.[O-][n+]1c2ccccc2nn1-c1ccccc1. The van der Waals surface area contributed by atoms with Crippen molar-refractivity contribution in [2.45, 2.75) is 6.92 Å². The molecule has 0 saturated heterocycles. The molecular weight excluding hydrogens is 467 g/mol. The molecule has 0 unspecified atom stereocenters. The van der Waals surface area contributed by atoms with Crippen molar-refractivity contribution < 1.29 is 26.7 Å². The van der Waals surface area contributed by atoms with Gasteiger partial charge in [-0.2, -0.15) is 0 Å². The molecule has 4 rings (SSSR count). The summed E-state index contributed by atoms with van der Waals surface area (Å²) in [6.45, 7) is 1.21. The number of phenolic OH excluding ortho intramolecular Hbond substituents is 1. The number of fused-ring (bicyclic) bond motifs is 1. The third-order valence-corrected chi connectivity index (χ3v) is 6.27. The van der Waals surface area contributed by atoms with E-state index < -0.39 is 30.2 Å². The number of carbonyl (C=O) groups excluding carboxylic acids is 1. The molecule has 11 heteroatoms. The molecule has 160 valence electrons. The Hall–Kier alpha value is -3.59. The Morgan fingerprint density at radius 3 is 2.29 bits per heavy atom. The summed E-state index contributed by atoms with van der Waals surface area (Å²) < 4.78 is 28.6. The fraction of sp³-hybridized carbons (Fsp3) is 0.0500. The van der Waals surface area contributed by atoms with Crippen molar-refractivity contribution in [1.29, 1.82) is 0 Å². The van der Waals surface area contributed by atoms with Crippen LogP contribution in [0.2, 0.25) is 0 Å². The quantitative estimate of drug-likeness (QED) is 0.188. The van der Waals surface area contributed by atoms with Crippen LogP contribution in [-0.2, 0) is 8.53 Å². The summed E-state index contributed by atoms with van der Waals surface area (Å²) in [6.07, 6.45) is 0. The van der Waals surface area contributed by atoms with Crippen molar-refractivity contribution in [3.05, 3.63) is 78.0 Å². The number of amides is 1. The Morgan fingerprint density at radius 1 is 1.03 bits per heavy atom. The summed E-state index contributed by atoms with van der Waals surface area (Å²) in [5.74, 6) is -0.987. The number of benzene rings is 3. The van der Waals surface area contributed by atoms with Crippen molar-refractivity contribution in [2.24, 2.45) is 0 Å². The normalized spacial score (nSPS) is 10.9. The van der Waals surface area contributed by atoms with Gasteiger partial charge in [-0.3, -0.25) is 0 Å². The Bertz CT molecular complexity index is 1270. The van der Waals surface area contributed by atoms with Crippen molar-refractivity contribution >= 4 is 41.2 Å². The molecule has 0 spiro atoms. The van der Waals surface area contributed by atoms with Crippen LogP contribution in [0.5, 0.6) is 5.75 Å². The monoisotopic (exact) mass is 486 g/mol. The van der Waals surface area contributed by atoms with Gasteiger partial charge in [0.05, 0.1) is 5.10 Å². The minimum absolute atomic E-state index is 0.0602. The molecule has 0 saturated carbocycles. The summed E-state index contributed by atoms with van der Waals surface area (Å²) >= 11 is -5.25. The second kappa shape index (κ2) is 9.05. The fourth-order valence-electron chi connectivity index (χ4n) is 2.81. The summed E-state index contributed by atoms with van der Waals surface area (Å²) in [5, 5.41) is 27.8. The van der Waals surface area contributed by atoms with Crippen LogP contribution < -0.4 is 14.5 Å². The zero-order chi connectivity index (χ0) is 22.6. The molecule has 3 aromatic carbocycles. The van der Waals surface area contributed by atoms with Crippen LogP contribution in [0, 0.1) is 5.21 Å². The van der Waals surface area contributed by atoms with Gasteiger partial charge >= 0.3 is 88.1 Å². The molecule has 31 heavy (non-hydrogen) atoms. The first-order chi connectivity index (χ1) is 14.7. The van der Waals surface area contributed by atoms with Crippen molar-refractivity contribution in [3.8, 4) is 11.4 Å². The van der Waals surface area contributed by atoms with Gasteiger partial charge in [0.15, 0.2) is 0 Å². The average Bonchev–Trinajstić information content (AvgIpc) is 3.05. The van der Waals surface area contributed by atoms with Crippen LogP contribution in [0.1, 0.15) is 6.92 Å². The number of para-hydroxylation sites is 2. The largest absolute Gasteiger partial charge is 0.692 e. The average molecular weight is 486 g/mol. The number of aromatic nitrogens is 3. The van der Waals surface area contributed by atoms with E-state index in [0.717, 1.165) is 16.6 Å². The van der Waals surface area contributed by atoms with Gasteiger partial charge < -0.3 is 5.21 Å². The van der Waals surface area contributed by atoms with E-state index in [1.807, 2.05) is 48.5 Å². The number of phenols is 1. The molecule has 0 atom stereocenters. The van der Waals surface area contributed by atoms with Crippen LogP contribution in [-0.4, -0.2) is 43.3 Å². The zero-order valence-corrected chi connectivity index (χ0v) is 18.2. The Morgan fingerprint density at radius 2 is 1.68 bits per heavy atom. The number of aromatic hydroxyl groups is 1. The van der Waals surface area contributed by atoms with Gasteiger partial charge in [0.25, 0.3) is 0 Å². The van der Waals surface area contributed by atoms with E-state index in [2.05, 4.69) is 10.4 Å². The first-order valence-corrected chi connectivity index (χ1v) is 12.4. The molecule has 1 aromatic heterocycles. The molecule has 10 nitrogen and oxygen atoms in total. The predicted molar refractivity (Wildman–Crippen MR) is 113 cm³/mol. The van der Waals surface area contributed by atoms with Gasteiger partial charge in [-0.25, -0.2) is 0 Å². The minimum Gasteiger partial charge on any atom is -0.692 e. The number of nitrogens with one attached hydrogen (secondary N) is 1. The Labute approximate surface area is 179 Å². The third kappa shape index (κ3) is 5.12. The van der Waals surface area contributed by atoms with Crippen LogP contribution in [0.25, 0.3) is 16.7 Å². The van der Waals surface area contributed by atoms with Crippen LogP contribution in [0.15, 0.2) is 72.8 Å². The van der Waals surface area contributed by atoms with E-state index in [9.17, 15) is 18.8 Å². The zero-order valence-electron chi connectivity index (χ0n) is 16.3. The molecule has 4 N–H and O–H groups in total. The van der Waals surface area contributed by atoms with Crippen LogP contribution in [0.4, 0.5) is 5.69 Å². The van der Waals surface area contributed by atoms with E-state index in [-0.39, 0.29) is 5.69 Å². The Balaban J connectivity index is 0.000000176. The van der Waals surface area contributed by atoms with Crippen molar-refractivity contribution in [1.82, 2.24) is 9.90 Å². The molecule has 0 bridgehead atoms. The van der Waals surface area contributed by atoms with E-state index in [4.69, 9.17) is 8.19 Å². The summed E-state index contributed by atoms with van der Waals surface area (Å²) in [5.41, 5.74) is 1.97. The van der Waals surface area contributed by atoms with E-state index >= 15 is 0 Å². The van der Waals surface area contributed by atoms with Gasteiger partial charge in [-0.1, -0.05) is 30.3 Å². The van der Waals surface area contributed by atoms with Gasteiger partial charge in [-0.15, -0.1) is 4.85 Å². The molecule has 4 aromatic rings. The molecule has 0 aliphatic heterocycles. The maximum absolute atomic E-state index is 11.9. The molecule has 0 fully saturated rings. The van der Waals surface area contributed by atoms with Crippen LogP contribution >= 0.6 is 0 Å². The first-order valence-electron chi connectivity index (χ1n) is 8.97. The second-order valence-electron chi connectivity index (χ2n) is 6.39. The number of nitrogens with zero attached hydrogens (tertiary/aromatic N) is 3. The van der Waals surface area contributed by atoms with Gasteiger partial charge in [0, 0.05) is 0 Å². The number of carbonyl (C=O) groups is 1. The predicted octanol–water partition coefficient (Wildman–Crippen LogP) is 0.570. The second-order valence-corrected chi connectivity index (χ2v) is 9.61. The topological polar surface area (TPSA) is 152 Å². The van der Waals surface area contributed by atoms with Gasteiger partial charge in [0.2, 0.25) is 11.0 Å². The Kier molecular flexibility index (Phi) is 6.45. The number of rotatable bonds is 3. The molecule has 0 radical (unpaired) electrons. The fourth-order valence-corrected chi connectivity index (χ4v) is 4.52. The summed E-state index contributed by atoms with van der Waals surface area (Å²) in [4.78, 5) is 12.9. The minimum atomic E-state index is -5.25. The smallest absolute Gasteiger partial charge is 0.250 e. The van der Waals surface area contributed by atoms with Crippen molar-refractivity contribution in [2.75, 3.05) is 5.32 Å². The van der Waals surface area contributed by atoms with Crippen molar-refractivity contribution in [3.63, 3.8) is 0 Å². The molecule has 1 amide bonds. The maximum Gasteiger partial charge on any atom is 0.250 e. The summed E-state index contributed by atoms with van der Waals surface area (Å²) in [6, 6.07) is 20.5. The third-order valence-electron chi connectivity index (χ3n) is 4.07. The number of hydrogen-bond donors (Lipinski definition) is 4. The van der Waals surface area contributed by atoms with Gasteiger partial charge in [0.1, 0.15) is 5.69 Å². The molecular formula is C20H19AsN4O6. The first kappa shape index (κ1) is 22.1. The molecule has 1 heterocycles. The molecule has 0 aliphatic carbocycles. The number of anilines is 1. The number of hydrogen-bond acceptors (Lipinski definition) is 5. The van der Waals surface area contributed by atoms with E-state index in [0.29, 0.717) is 11.0 Å². The summed E-state index contributed by atoms with van der Waals surface area (Å²) in [7, 11) is 0. The maximum atomic E-state index is 11.9. The van der Waals surface area contributed by atoms with E-state index in [1.54, 1.807) is 6.07 Å². The standard InChI is InChI=1S/C12H9N3O.C8H10AsNO5/c16-15-12-9-5-4-8-11(12)13-14(15)10-6-2-1-3-7-10;1-5(11)10-6-3-2-4-7(12)8(6)9(13,14)15/h1-9H;2-4,12H,1H3,(H,10,11)(H2,13,14,15).